The van der Waals surface area contributed by atoms with Crippen molar-refractivity contribution in [3.05, 3.63) is 29.9 Å². The molecule has 0 aromatic carbocycles. The second kappa shape index (κ2) is 8.13. The van der Waals surface area contributed by atoms with Gasteiger partial charge in [-0.3, -0.25) is 9.69 Å². The molecule has 1 aromatic heterocycles. The number of hydrogen-bond donors (Lipinski definition) is 0. The zero-order chi connectivity index (χ0) is 17.8. The Bertz CT molecular complexity index is 627. The van der Waals surface area contributed by atoms with Gasteiger partial charge in [0, 0.05) is 52.0 Å². The molecule has 2 aliphatic rings. The maximum atomic E-state index is 14.0. The summed E-state index contributed by atoms with van der Waals surface area (Å²) in [5, 5.41) is 0. The first-order chi connectivity index (χ1) is 12.0. The van der Waals surface area contributed by atoms with E-state index in [-0.39, 0.29) is 11.9 Å². The van der Waals surface area contributed by atoms with Crippen LogP contribution < -0.4 is 0 Å². The number of imidazole rings is 1. The summed E-state index contributed by atoms with van der Waals surface area (Å²) in [5.74, 6) is 1.08. The number of carbonyl (C=O) groups is 1. The van der Waals surface area contributed by atoms with E-state index in [9.17, 15) is 9.18 Å². The van der Waals surface area contributed by atoms with Gasteiger partial charge in [-0.2, -0.15) is 0 Å². The SMILES string of the molecule is CN(C[C@@H]1C[C@H](F)CN1Cc1nccn1C)C(=O)CC1=CCCCC1. The Hall–Kier alpha value is -1.69. The van der Waals surface area contributed by atoms with Crippen molar-refractivity contribution in [3.8, 4) is 0 Å². The van der Waals surface area contributed by atoms with Crippen molar-refractivity contribution in [2.24, 2.45) is 7.05 Å². The lowest BCUT2D eigenvalue weighted by molar-refractivity contribution is -0.129. The number of amides is 1. The molecule has 2 heterocycles. The minimum Gasteiger partial charge on any atom is -0.344 e. The summed E-state index contributed by atoms with van der Waals surface area (Å²) in [6.07, 6.45) is 10.6. The third kappa shape index (κ3) is 4.69. The molecule has 1 aliphatic carbocycles. The van der Waals surface area contributed by atoms with Gasteiger partial charge in [-0.05, 0) is 32.1 Å². The summed E-state index contributed by atoms with van der Waals surface area (Å²) in [6.45, 7) is 1.63. The first kappa shape index (κ1) is 18.1. The highest BCUT2D eigenvalue weighted by atomic mass is 19.1. The summed E-state index contributed by atoms with van der Waals surface area (Å²) in [7, 11) is 3.80. The largest absolute Gasteiger partial charge is 0.344 e. The third-order valence-corrected chi connectivity index (χ3v) is 5.42. The topological polar surface area (TPSA) is 41.4 Å². The van der Waals surface area contributed by atoms with E-state index in [1.807, 2.05) is 24.9 Å². The number of rotatable bonds is 6. The fourth-order valence-electron chi connectivity index (χ4n) is 3.85. The zero-order valence-electron chi connectivity index (χ0n) is 15.3. The summed E-state index contributed by atoms with van der Waals surface area (Å²) < 4.78 is 16.0. The average molecular weight is 348 g/mol. The van der Waals surface area contributed by atoms with Gasteiger partial charge in [0.1, 0.15) is 12.0 Å². The molecule has 0 radical (unpaired) electrons. The predicted octanol–water partition coefficient (Wildman–Crippen LogP) is 2.68. The highest BCUT2D eigenvalue weighted by Gasteiger charge is 2.34. The Morgan fingerprint density at radius 3 is 2.96 bits per heavy atom. The average Bonchev–Trinajstić information content (AvgIpc) is 3.14. The minimum absolute atomic E-state index is 0.0565. The van der Waals surface area contributed by atoms with E-state index >= 15 is 0 Å². The fraction of sp³-hybridized carbons (Fsp3) is 0.684. The lowest BCUT2D eigenvalue weighted by Crippen LogP contribution is -2.41. The summed E-state index contributed by atoms with van der Waals surface area (Å²) in [4.78, 5) is 20.8. The summed E-state index contributed by atoms with van der Waals surface area (Å²) in [5.41, 5.74) is 1.27. The van der Waals surface area contributed by atoms with E-state index in [1.165, 1.54) is 18.4 Å². The Labute approximate surface area is 149 Å². The van der Waals surface area contributed by atoms with Crippen LogP contribution >= 0.6 is 0 Å². The number of aromatic nitrogens is 2. The van der Waals surface area contributed by atoms with Crippen molar-refractivity contribution in [1.82, 2.24) is 19.4 Å². The van der Waals surface area contributed by atoms with Crippen LogP contribution in [0.5, 0.6) is 0 Å². The van der Waals surface area contributed by atoms with Crippen LogP contribution in [0.3, 0.4) is 0 Å². The van der Waals surface area contributed by atoms with Crippen LogP contribution in [0.25, 0.3) is 0 Å². The number of likely N-dealkylation sites (N-methyl/N-ethyl adjacent to an activating group) is 1. The van der Waals surface area contributed by atoms with Crippen LogP contribution in [0.15, 0.2) is 24.0 Å². The lowest BCUT2D eigenvalue weighted by Gasteiger charge is -2.28. The van der Waals surface area contributed by atoms with Gasteiger partial charge in [-0.1, -0.05) is 11.6 Å². The number of likely N-dealkylation sites (tertiary alicyclic amines) is 1. The number of hydrogen-bond acceptors (Lipinski definition) is 3. The van der Waals surface area contributed by atoms with Crippen LogP contribution in [0.1, 0.15) is 44.3 Å². The summed E-state index contributed by atoms with van der Waals surface area (Å²) >= 11 is 0. The molecule has 138 valence electrons. The van der Waals surface area contributed by atoms with E-state index in [0.717, 1.165) is 18.7 Å². The smallest absolute Gasteiger partial charge is 0.226 e. The fourth-order valence-corrected chi connectivity index (χ4v) is 3.85. The predicted molar refractivity (Wildman–Crippen MR) is 95.7 cm³/mol. The van der Waals surface area contributed by atoms with Crippen LogP contribution in [-0.2, 0) is 18.4 Å². The van der Waals surface area contributed by atoms with Gasteiger partial charge >= 0.3 is 0 Å². The molecule has 0 bridgehead atoms. The number of allylic oxidation sites excluding steroid dienone is 1. The molecule has 3 rings (SSSR count). The Morgan fingerprint density at radius 1 is 1.44 bits per heavy atom. The zero-order valence-corrected chi connectivity index (χ0v) is 15.3. The number of carbonyl (C=O) groups excluding carboxylic acids is 1. The van der Waals surface area contributed by atoms with E-state index < -0.39 is 6.17 Å². The van der Waals surface area contributed by atoms with Crippen LogP contribution in [0, 0.1) is 0 Å². The van der Waals surface area contributed by atoms with E-state index in [0.29, 0.717) is 32.5 Å². The Morgan fingerprint density at radius 2 is 2.28 bits per heavy atom. The maximum Gasteiger partial charge on any atom is 0.226 e. The van der Waals surface area contributed by atoms with Crippen LogP contribution in [0.2, 0.25) is 0 Å². The standard InChI is InChI=1S/C19H29FN4O/c1-22-9-8-21-18(22)14-24-12-16(20)11-17(24)13-23(2)19(25)10-15-6-4-3-5-7-15/h6,8-9,16-17H,3-5,7,10-14H2,1-2H3/t16-,17-/m0/s1. The van der Waals surface area contributed by atoms with Crippen molar-refractivity contribution in [3.63, 3.8) is 0 Å². The van der Waals surface area contributed by atoms with Crippen molar-refractivity contribution >= 4 is 5.91 Å². The normalized spacial score (nSPS) is 24.4. The highest BCUT2D eigenvalue weighted by molar-refractivity contribution is 5.78. The molecule has 1 aliphatic heterocycles. The van der Waals surface area contributed by atoms with Crippen molar-refractivity contribution in [2.45, 2.75) is 57.3 Å². The van der Waals surface area contributed by atoms with Gasteiger partial charge in [-0.15, -0.1) is 0 Å². The van der Waals surface area contributed by atoms with E-state index in [1.54, 1.807) is 11.1 Å². The molecular weight excluding hydrogens is 319 g/mol. The van der Waals surface area contributed by atoms with Crippen molar-refractivity contribution in [2.75, 3.05) is 20.1 Å². The number of alkyl halides is 1. The van der Waals surface area contributed by atoms with Gasteiger partial charge < -0.3 is 9.47 Å². The maximum absolute atomic E-state index is 14.0. The quantitative estimate of drug-likeness (QED) is 0.742. The van der Waals surface area contributed by atoms with E-state index in [4.69, 9.17) is 0 Å². The van der Waals surface area contributed by atoms with Gasteiger partial charge in [0.15, 0.2) is 0 Å². The third-order valence-electron chi connectivity index (χ3n) is 5.42. The molecule has 0 spiro atoms. The molecule has 5 nitrogen and oxygen atoms in total. The molecule has 1 fully saturated rings. The van der Waals surface area contributed by atoms with Gasteiger partial charge in [-0.25, -0.2) is 9.37 Å². The molecule has 1 saturated heterocycles. The number of nitrogens with zero attached hydrogens (tertiary/aromatic N) is 4. The molecular formula is C19H29FN4O. The molecule has 1 aromatic rings. The van der Waals surface area contributed by atoms with Gasteiger partial charge in [0.25, 0.3) is 0 Å². The first-order valence-electron chi connectivity index (χ1n) is 9.29. The van der Waals surface area contributed by atoms with Crippen molar-refractivity contribution < 1.29 is 9.18 Å². The highest BCUT2D eigenvalue weighted by Crippen LogP contribution is 2.24. The van der Waals surface area contributed by atoms with Crippen LogP contribution in [0.4, 0.5) is 4.39 Å². The van der Waals surface area contributed by atoms with Crippen molar-refractivity contribution in [1.29, 1.82) is 0 Å². The van der Waals surface area contributed by atoms with E-state index in [2.05, 4.69) is 16.0 Å². The Balaban J connectivity index is 1.56. The molecule has 2 atom stereocenters. The molecule has 0 saturated carbocycles. The molecule has 0 N–H and O–H groups in total. The molecule has 1 amide bonds. The van der Waals surface area contributed by atoms with Crippen LogP contribution in [-0.4, -0.2) is 57.6 Å². The molecule has 6 heteroatoms. The minimum atomic E-state index is -0.824. The second-order valence-electron chi connectivity index (χ2n) is 7.43. The monoisotopic (exact) mass is 348 g/mol. The van der Waals surface area contributed by atoms with Gasteiger partial charge in [0.05, 0.1) is 6.54 Å². The Kier molecular flexibility index (Phi) is 5.89. The lowest BCUT2D eigenvalue weighted by atomic mass is 9.97. The van der Waals surface area contributed by atoms with Gasteiger partial charge in [0.2, 0.25) is 5.91 Å². The molecule has 25 heavy (non-hydrogen) atoms. The first-order valence-corrected chi connectivity index (χ1v) is 9.29. The summed E-state index contributed by atoms with van der Waals surface area (Å²) in [6, 6.07) is 0.0565. The number of aryl methyl sites for hydroxylation is 1. The number of halogens is 1. The molecule has 0 unspecified atom stereocenters. The second-order valence-corrected chi connectivity index (χ2v) is 7.43.